The first-order valence-corrected chi connectivity index (χ1v) is 8.75. The van der Waals surface area contributed by atoms with Crippen LogP contribution in [0.5, 0.6) is 0 Å². The van der Waals surface area contributed by atoms with E-state index in [4.69, 9.17) is 0 Å². The Bertz CT molecular complexity index is 748. The van der Waals surface area contributed by atoms with E-state index in [1.165, 1.54) is 0 Å². The number of halogens is 4. The molecular weight excluding hydrogens is 358 g/mol. The van der Waals surface area contributed by atoms with Crippen LogP contribution in [0, 0.1) is 23.5 Å². The summed E-state index contributed by atoms with van der Waals surface area (Å²) >= 11 is 0.508. The zero-order valence-electron chi connectivity index (χ0n) is 13.7. The van der Waals surface area contributed by atoms with Crippen molar-refractivity contribution in [3.63, 3.8) is 0 Å². The molecule has 3 rings (SSSR count). The van der Waals surface area contributed by atoms with Crippen molar-refractivity contribution >= 4 is 11.8 Å². The van der Waals surface area contributed by atoms with Crippen LogP contribution >= 0.6 is 11.8 Å². The van der Waals surface area contributed by atoms with E-state index in [1.807, 2.05) is 13.8 Å². The summed E-state index contributed by atoms with van der Waals surface area (Å²) in [6.45, 7) is 5.43. The zero-order valence-corrected chi connectivity index (χ0v) is 14.5. The maximum absolute atomic E-state index is 13.9. The maximum Gasteiger partial charge on any atom is 0.252 e. The second-order valence-corrected chi connectivity index (χ2v) is 7.08. The number of pyridine rings is 1. The number of hydrogen-bond acceptors (Lipinski definition) is 5. The van der Waals surface area contributed by atoms with Crippen LogP contribution in [0.15, 0.2) is 10.1 Å². The van der Waals surface area contributed by atoms with Gasteiger partial charge < -0.3 is 9.88 Å². The van der Waals surface area contributed by atoms with Crippen molar-refractivity contribution < 1.29 is 17.6 Å². The first-order valence-electron chi connectivity index (χ1n) is 7.93. The average Bonchev–Trinajstić information content (AvgIpc) is 3.01. The average molecular weight is 375 g/mol. The van der Waals surface area contributed by atoms with Crippen molar-refractivity contribution in [2.24, 2.45) is 0 Å². The fourth-order valence-electron chi connectivity index (χ4n) is 2.84. The molecule has 2 aromatic heterocycles. The van der Waals surface area contributed by atoms with Gasteiger partial charge in [-0.15, -0.1) is 10.2 Å². The molecule has 10 heteroatoms. The molecule has 25 heavy (non-hydrogen) atoms. The monoisotopic (exact) mass is 375 g/mol. The first-order chi connectivity index (χ1) is 11.9. The summed E-state index contributed by atoms with van der Waals surface area (Å²) in [6.07, 6.45) is 1.91. The van der Waals surface area contributed by atoms with Gasteiger partial charge in [-0.3, -0.25) is 0 Å². The lowest BCUT2D eigenvalue weighted by molar-refractivity contribution is 0.383. The first kappa shape index (κ1) is 18.1. The third-order valence-corrected chi connectivity index (χ3v) is 5.04. The van der Waals surface area contributed by atoms with Gasteiger partial charge in [-0.05, 0) is 45.0 Å². The molecule has 3 heterocycles. The molecule has 1 aliphatic rings. The van der Waals surface area contributed by atoms with Crippen molar-refractivity contribution in [3.05, 3.63) is 29.4 Å². The third-order valence-electron chi connectivity index (χ3n) is 4.02. The second-order valence-electron chi connectivity index (χ2n) is 6.10. The number of hydrogen-bond donors (Lipinski definition) is 1. The van der Waals surface area contributed by atoms with Gasteiger partial charge in [0.25, 0.3) is 11.9 Å². The molecule has 0 saturated carbocycles. The molecule has 0 spiro atoms. The summed E-state index contributed by atoms with van der Waals surface area (Å²) < 4.78 is 56.2. The number of nitrogens with zero attached hydrogens (tertiary/aromatic N) is 4. The highest BCUT2D eigenvalue weighted by atomic mass is 32.2. The number of rotatable bonds is 4. The van der Waals surface area contributed by atoms with Gasteiger partial charge in [0.15, 0.2) is 16.8 Å². The Kier molecular flexibility index (Phi) is 5.28. The Morgan fingerprint density at radius 1 is 1.12 bits per heavy atom. The Morgan fingerprint density at radius 3 is 2.36 bits per heavy atom. The van der Waals surface area contributed by atoms with Gasteiger partial charge in [0.1, 0.15) is 5.82 Å². The van der Waals surface area contributed by atoms with Crippen LogP contribution in [0.2, 0.25) is 0 Å². The summed E-state index contributed by atoms with van der Waals surface area (Å²) in [5.41, 5.74) is 0. The second kappa shape index (κ2) is 7.28. The molecule has 0 aromatic carbocycles. The molecule has 136 valence electrons. The van der Waals surface area contributed by atoms with E-state index < -0.39 is 28.4 Å². The van der Waals surface area contributed by atoms with Crippen LogP contribution in [0.3, 0.4) is 0 Å². The van der Waals surface area contributed by atoms with Crippen molar-refractivity contribution in [2.45, 2.75) is 48.7 Å². The van der Waals surface area contributed by atoms with Gasteiger partial charge in [-0.25, -0.2) is 8.78 Å². The highest BCUT2D eigenvalue weighted by molar-refractivity contribution is 7.99. The van der Waals surface area contributed by atoms with Crippen LogP contribution in [-0.4, -0.2) is 32.8 Å². The summed E-state index contributed by atoms with van der Waals surface area (Å²) in [5.74, 6) is -5.63. The highest BCUT2D eigenvalue weighted by Gasteiger charge is 2.28. The maximum atomic E-state index is 13.9. The Hall–Kier alpha value is -1.68. The predicted octanol–water partition coefficient (Wildman–Crippen LogP) is 3.43. The summed E-state index contributed by atoms with van der Waals surface area (Å²) in [7, 11) is 0. The lowest BCUT2D eigenvalue weighted by atomic mass is 9.98. The van der Waals surface area contributed by atoms with E-state index in [9.17, 15) is 17.6 Å². The minimum atomic E-state index is -1.69. The topological polar surface area (TPSA) is 55.6 Å². The molecule has 0 amide bonds. The molecule has 1 aliphatic heterocycles. The van der Waals surface area contributed by atoms with Gasteiger partial charge in [0, 0.05) is 18.5 Å². The van der Waals surface area contributed by atoms with E-state index in [2.05, 4.69) is 20.5 Å². The largest absolute Gasteiger partial charge is 0.316 e. The SMILES string of the molecule is CC(C)n1c(Sc2c(F)c(F)nc(F)c2F)nnc1C1CCCNC1. The molecular formula is C15H17F4N5S. The summed E-state index contributed by atoms with van der Waals surface area (Å²) in [4.78, 5) is 1.75. The molecule has 1 unspecified atom stereocenters. The molecule has 0 radical (unpaired) electrons. The zero-order chi connectivity index (χ0) is 18.1. The van der Waals surface area contributed by atoms with Gasteiger partial charge in [-0.1, -0.05) is 0 Å². The van der Waals surface area contributed by atoms with E-state index in [0.717, 1.165) is 25.9 Å². The molecule has 5 nitrogen and oxygen atoms in total. The summed E-state index contributed by atoms with van der Waals surface area (Å²) in [6, 6.07) is -0.0860. The van der Waals surface area contributed by atoms with Crippen LogP contribution in [0.4, 0.5) is 17.6 Å². The van der Waals surface area contributed by atoms with Crippen LogP contribution < -0.4 is 5.32 Å². The van der Waals surface area contributed by atoms with Crippen LogP contribution in [0.1, 0.15) is 44.5 Å². The standard InChI is InChI=1S/C15H17F4N5S/c1-7(2)24-14(8-4-3-5-20-6-8)22-23-15(24)25-11-9(16)12(18)21-13(19)10(11)17/h7-8,20H,3-6H2,1-2H3. The molecule has 2 aromatic rings. The minimum absolute atomic E-state index is 0.0860. The molecule has 1 saturated heterocycles. The predicted molar refractivity (Wildman–Crippen MR) is 83.4 cm³/mol. The van der Waals surface area contributed by atoms with Crippen molar-refractivity contribution in [3.8, 4) is 0 Å². The third kappa shape index (κ3) is 3.50. The quantitative estimate of drug-likeness (QED) is 0.656. The van der Waals surface area contributed by atoms with Crippen LogP contribution in [-0.2, 0) is 0 Å². The Balaban J connectivity index is 2.00. The van der Waals surface area contributed by atoms with E-state index >= 15 is 0 Å². The van der Waals surface area contributed by atoms with Gasteiger partial charge >= 0.3 is 0 Å². The van der Waals surface area contributed by atoms with Crippen molar-refractivity contribution in [2.75, 3.05) is 13.1 Å². The molecule has 0 aliphatic carbocycles. The molecule has 0 bridgehead atoms. The lowest BCUT2D eigenvalue weighted by Crippen LogP contribution is -2.30. The van der Waals surface area contributed by atoms with E-state index in [1.54, 1.807) is 4.57 Å². The number of nitrogens with one attached hydrogen (secondary N) is 1. The fraction of sp³-hybridized carbons (Fsp3) is 0.533. The highest BCUT2D eigenvalue weighted by Crippen LogP contribution is 2.35. The number of piperidine rings is 1. The Labute approximate surface area is 146 Å². The Morgan fingerprint density at radius 2 is 1.80 bits per heavy atom. The van der Waals surface area contributed by atoms with Crippen molar-refractivity contribution in [1.29, 1.82) is 0 Å². The molecule has 1 fully saturated rings. The van der Waals surface area contributed by atoms with Crippen LogP contribution in [0.25, 0.3) is 0 Å². The number of aromatic nitrogens is 4. The smallest absolute Gasteiger partial charge is 0.252 e. The minimum Gasteiger partial charge on any atom is -0.316 e. The molecule has 1 N–H and O–H groups in total. The lowest BCUT2D eigenvalue weighted by Gasteiger charge is -2.24. The van der Waals surface area contributed by atoms with E-state index in [0.29, 0.717) is 17.6 Å². The van der Waals surface area contributed by atoms with Gasteiger partial charge in [0.05, 0.1) is 4.90 Å². The fourth-order valence-corrected chi connectivity index (χ4v) is 3.86. The van der Waals surface area contributed by atoms with Gasteiger partial charge in [0.2, 0.25) is 0 Å². The van der Waals surface area contributed by atoms with E-state index in [-0.39, 0.29) is 17.1 Å². The van der Waals surface area contributed by atoms with Crippen molar-refractivity contribution in [1.82, 2.24) is 25.1 Å². The molecule has 1 atom stereocenters. The normalized spacial score (nSPS) is 18.1. The van der Waals surface area contributed by atoms with Gasteiger partial charge in [-0.2, -0.15) is 13.8 Å². The summed E-state index contributed by atoms with van der Waals surface area (Å²) in [5, 5.41) is 11.6.